The molecule has 0 aliphatic carbocycles. The molecule has 0 saturated heterocycles. The summed E-state index contributed by atoms with van der Waals surface area (Å²) in [5.41, 5.74) is 1.94. The Hall–Kier alpha value is -1.62. The Kier molecular flexibility index (Phi) is 13.4. The van der Waals surface area contributed by atoms with Crippen LogP contribution in [0, 0.1) is 0 Å². The van der Waals surface area contributed by atoms with Gasteiger partial charge in [0.15, 0.2) is 5.96 Å². The van der Waals surface area contributed by atoms with Crippen LogP contribution in [-0.4, -0.2) is 45.5 Å². The van der Waals surface area contributed by atoms with Crippen molar-refractivity contribution in [3.05, 3.63) is 35.4 Å². The summed E-state index contributed by atoms with van der Waals surface area (Å²) in [6.45, 7) is 4.66. The van der Waals surface area contributed by atoms with Crippen LogP contribution >= 0.6 is 24.0 Å². The zero-order chi connectivity index (χ0) is 20.9. The molecular weight excluding hydrogens is 507 g/mol. The molecule has 2 rings (SSSR count). The fraction of sp³-hybridized carbons (Fsp3) is 0.571. The molecule has 0 spiro atoms. The van der Waals surface area contributed by atoms with Crippen molar-refractivity contribution < 1.29 is 23.0 Å². The van der Waals surface area contributed by atoms with E-state index in [0.717, 1.165) is 32.4 Å². The van der Waals surface area contributed by atoms with Crippen molar-refractivity contribution in [3.8, 4) is 11.5 Å². The maximum Gasteiger partial charge on any atom is 0.387 e. The van der Waals surface area contributed by atoms with Crippen LogP contribution in [0.15, 0.2) is 34.8 Å². The van der Waals surface area contributed by atoms with Crippen LogP contribution in [0.3, 0.4) is 0 Å². The Bertz CT molecular complexity index is 687. The fourth-order valence-electron chi connectivity index (χ4n) is 2.82. The van der Waals surface area contributed by atoms with Crippen LogP contribution in [0.2, 0.25) is 0 Å². The second kappa shape index (κ2) is 15.2. The zero-order valence-electron chi connectivity index (χ0n) is 17.6. The van der Waals surface area contributed by atoms with Gasteiger partial charge in [-0.2, -0.15) is 8.78 Å². The van der Waals surface area contributed by atoms with E-state index >= 15 is 0 Å². The van der Waals surface area contributed by atoms with Crippen molar-refractivity contribution in [3.63, 3.8) is 0 Å². The third-order valence-electron chi connectivity index (χ3n) is 4.28. The zero-order valence-corrected chi connectivity index (χ0v) is 19.9. The highest BCUT2D eigenvalue weighted by atomic mass is 127. The van der Waals surface area contributed by atoms with Crippen molar-refractivity contribution >= 4 is 29.9 Å². The third kappa shape index (κ3) is 9.92. The summed E-state index contributed by atoms with van der Waals surface area (Å²) in [6, 6.07) is 4.95. The molecule has 1 aliphatic rings. The van der Waals surface area contributed by atoms with E-state index in [1.807, 2.05) is 13.8 Å². The van der Waals surface area contributed by atoms with Crippen LogP contribution in [0.4, 0.5) is 8.78 Å². The summed E-state index contributed by atoms with van der Waals surface area (Å²) in [4.78, 5) is 4.51. The van der Waals surface area contributed by atoms with Crippen molar-refractivity contribution in [1.29, 1.82) is 0 Å². The van der Waals surface area contributed by atoms with Crippen molar-refractivity contribution in [2.45, 2.75) is 46.3 Å². The molecule has 6 nitrogen and oxygen atoms in total. The molecule has 2 N–H and O–H groups in total. The molecule has 0 unspecified atom stereocenters. The van der Waals surface area contributed by atoms with E-state index in [2.05, 4.69) is 26.4 Å². The van der Waals surface area contributed by atoms with E-state index < -0.39 is 6.61 Å². The summed E-state index contributed by atoms with van der Waals surface area (Å²) in [6.07, 6.45) is 4.82. The molecule has 170 valence electrons. The largest absolute Gasteiger partial charge is 0.493 e. The average Bonchev–Trinajstić information content (AvgIpc) is 2.71. The topological polar surface area (TPSA) is 64.1 Å². The number of nitrogens with one attached hydrogen (secondary N) is 2. The lowest BCUT2D eigenvalue weighted by atomic mass is 10.1. The number of aliphatic imine (C=N–C) groups is 1. The van der Waals surface area contributed by atoms with Gasteiger partial charge in [0.1, 0.15) is 11.5 Å². The van der Waals surface area contributed by atoms with Crippen LogP contribution in [-0.2, 0) is 11.3 Å². The molecule has 0 saturated carbocycles. The highest BCUT2D eigenvalue weighted by Gasteiger charge is 2.12. The molecule has 0 radical (unpaired) electrons. The number of nitrogens with zero attached hydrogens (tertiary/aromatic N) is 1. The predicted octanol–water partition coefficient (Wildman–Crippen LogP) is 4.49. The lowest BCUT2D eigenvalue weighted by molar-refractivity contribution is -0.0505. The van der Waals surface area contributed by atoms with E-state index in [1.165, 1.54) is 11.6 Å². The lowest BCUT2D eigenvalue weighted by Crippen LogP contribution is -2.38. The minimum Gasteiger partial charge on any atom is -0.493 e. The Balaban J connectivity index is 0.00000450. The number of halogens is 3. The van der Waals surface area contributed by atoms with Gasteiger partial charge in [0.25, 0.3) is 0 Å². The maximum absolute atomic E-state index is 12.8. The highest BCUT2D eigenvalue weighted by Crippen LogP contribution is 2.27. The molecule has 1 aromatic rings. The molecule has 0 aromatic heterocycles. The Morgan fingerprint density at radius 2 is 2.10 bits per heavy atom. The molecular formula is C21H32F2IN3O3. The monoisotopic (exact) mass is 539 g/mol. The van der Waals surface area contributed by atoms with Crippen molar-refractivity contribution in [2.24, 2.45) is 4.99 Å². The molecule has 0 fully saturated rings. The highest BCUT2D eigenvalue weighted by molar-refractivity contribution is 14.0. The van der Waals surface area contributed by atoms with E-state index in [0.29, 0.717) is 37.0 Å². The summed E-state index contributed by atoms with van der Waals surface area (Å²) < 4.78 is 41.1. The number of guanidine groups is 1. The number of alkyl halides is 2. The Morgan fingerprint density at radius 1 is 1.27 bits per heavy atom. The standard InChI is InChI=1S/C21H31F2N3O3.HI/c1-3-11-28-18-6-5-17(19(14-18)29-20(22)23)15-26-21(24-4-2)25-10-7-16-8-12-27-13-9-16;/h5-6,8,14,20H,3-4,7,9-13,15H2,1-2H3,(H2,24,25,26);1H. The normalized spacial score (nSPS) is 14.0. The molecule has 9 heteroatoms. The Labute approximate surface area is 194 Å². The smallest absolute Gasteiger partial charge is 0.387 e. The molecule has 0 amide bonds. The summed E-state index contributed by atoms with van der Waals surface area (Å²) in [5, 5.41) is 6.45. The molecule has 1 aliphatic heterocycles. The van der Waals surface area contributed by atoms with Gasteiger partial charge in [0, 0.05) is 24.7 Å². The number of ether oxygens (including phenoxy) is 3. The van der Waals surface area contributed by atoms with Gasteiger partial charge in [-0.05, 0) is 38.3 Å². The minimum atomic E-state index is -2.90. The molecule has 1 aromatic carbocycles. The first kappa shape index (κ1) is 26.4. The average molecular weight is 539 g/mol. The van der Waals surface area contributed by atoms with Gasteiger partial charge in [-0.25, -0.2) is 4.99 Å². The van der Waals surface area contributed by atoms with Gasteiger partial charge in [0.05, 0.1) is 26.4 Å². The maximum atomic E-state index is 12.8. The molecule has 0 bridgehead atoms. The quantitative estimate of drug-likeness (QED) is 0.188. The predicted molar refractivity (Wildman–Crippen MR) is 125 cm³/mol. The van der Waals surface area contributed by atoms with Gasteiger partial charge in [-0.3, -0.25) is 0 Å². The number of benzene rings is 1. The van der Waals surface area contributed by atoms with Crippen LogP contribution in [0.25, 0.3) is 0 Å². The van der Waals surface area contributed by atoms with Gasteiger partial charge in [0.2, 0.25) is 0 Å². The molecule has 1 heterocycles. The molecule has 0 atom stereocenters. The van der Waals surface area contributed by atoms with E-state index in [9.17, 15) is 8.78 Å². The van der Waals surface area contributed by atoms with Gasteiger partial charge >= 0.3 is 6.61 Å². The van der Waals surface area contributed by atoms with Crippen molar-refractivity contribution in [1.82, 2.24) is 10.6 Å². The first-order valence-electron chi connectivity index (χ1n) is 10.1. The van der Waals surface area contributed by atoms with Crippen LogP contribution < -0.4 is 20.1 Å². The first-order chi connectivity index (χ1) is 14.1. The summed E-state index contributed by atoms with van der Waals surface area (Å²) in [5.74, 6) is 1.22. The van der Waals surface area contributed by atoms with E-state index in [-0.39, 0.29) is 36.3 Å². The number of hydrogen-bond acceptors (Lipinski definition) is 4. The van der Waals surface area contributed by atoms with Gasteiger partial charge < -0.3 is 24.8 Å². The van der Waals surface area contributed by atoms with Gasteiger partial charge in [-0.1, -0.05) is 18.6 Å². The lowest BCUT2D eigenvalue weighted by Gasteiger charge is -2.16. The third-order valence-corrected chi connectivity index (χ3v) is 4.28. The fourth-order valence-corrected chi connectivity index (χ4v) is 2.82. The summed E-state index contributed by atoms with van der Waals surface area (Å²) >= 11 is 0. The van der Waals surface area contributed by atoms with Crippen LogP contribution in [0.5, 0.6) is 11.5 Å². The number of rotatable bonds is 11. The second-order valence-corrected chi connectivity index (χ2v) is 6.56. The summed E-state index contributed by atoms with van der Waals surface area (Å²) in [7, 11) is 0. The SMILES string of the molecule is CCCOc1ccc(CN=C(NCC)NCCC2=CCOCC2)c(OC(F)F)c1.I. The van der Waals surface area contributed by atoms with E-state index in [1.54, 1.807) is 12.1 Å². The number of hydrogen-bond donors (Lipinski definition) is 2. The Morgan fingerprint density at radius 3 is 2.77 bits per heavy atom. The van der Waals surface area contributed by atoms with Crippen LogP contribution in [0.1, 0.15) is 38.7 Å². The van der Waals surface area contributed by atoms with Crippen molar-refractivity contribution in [2.75, 3.05) is 32.9 Å². The minimum absolute atomic E-state index is 0. The van der Waals surface area contributed by atoms with Gasteiger partial charge in [-0.15, -0.1) is 24.0 Å². The first-order valence-corrected chi connectivity index (χ1v) is 10.1. The molecule has 30 heavy (non-hydrogen) atoms. The van der Waals surface area contributed by atoms with E-state index in [4.69, 9.17) is 9.47 Å². The second-order valence-electron chi connectivity index (χ2n) is 6.56.